The minimum absolute atomic E-state index is 0.940. The van der Waals surface area contributed by atoms with Gasteiger partial charge >= 0.3 is 0 Å². The Hall–Kier alpha value is -0.260. The van der Waals surface area contributed by atoms with E-state index in [1.807, 2.05) is 0 Å². The van der Waals surface area contributed by atoms with Crippen molar-refractivity contribution < 1.29 is 0 Å². The van der Waals surface area contributed by atoms with Gasteiger partial charge in [0.1, 0.15) is 0 Å². The molecule has 0 fully saturated rings. The quantitative estimate of drug-likeness (QED) is 0.152. The molecule has 148 valence electrons. The maximum Gasteiger partial charge on any atom is -0.0351 e. The van der Waals surface area contributed by atoms with Gasteiger partial charge in [0.25, 0.3) is 0 Å². The van der Waals surface area contributed by atoms with Crippen LogP contribution in [0.3, 0.4) is 0 Å². The van der Waals surface area contributed by atoms with E-state index >= 15 is 0 Å². The molecule has 0 aromatic rings. The van der Waals surface area contributed by atoms with Crippen molar-refractivity contribution in [3.63, 3.8) is 0 Å². The van der Waals surface area contributed by atoms with Crippen molar-refractivity contribution in [2.45, 2.75) is 129 Å². The summed E-state index contributed by atoms with van der Waals surface area (Å²) >= 11 is 0. The van der Waals surface area contributed by atoms with Crippen molar-refractivity contribution in [1.82, 2.24) is 0 Å². The second kappa shape index (κ2) is 21.8. The van der Waals surface area contributed by atoms with Crippen LogP contribution in [0.25, 0.3) is 0 Å². The summed E-state index contributed by atoms with van der Waals surface area (Å²) in [7, 11) is 0. The van der Waals surface area contributed by atoms with Crippen molar-refractivity contribution in [2.24, 2.45) is 5.92 Å². The Morgan fingerprint density at radius 3 is 1.68 bits per heavy atom. The Labute approximate surface area is 161 Å². The second-order valence-electron chi connectivity index (χ2n) is 7.88. The van der Waals surface area contributed by atoms with Crippen LogP contribution in [-0.2, 0) is 0 Å². The van der Waals surface area contributed by atoms with E-state index in [0.717, 1.165) is 18.8 Å². The minimum Gasteiger partial charge on any atom is -0.0885 e. The van der Waals surface area contributed by atoms with E-state index in [1.54, 1.807) is 0 Å². The molecule has 0 amide bonds. The van der Waals surface area contributed by atoms with Gasteiger partial charge in [-0.3, -0.25) is 0 Å². The summed E-state index contributed by atoms with van der Waals surface area (Å²) in [5, 5.41) is 0. The average Bonchev–Trinajstić information content (AvgIpc) is 2.63. The highest BCUT2D eigenvalue weighted by Gasteiger charge is 2.08. The summed E-state index contributed by atoms with van der Waals surface area (Å²) in [4.78, 5) is 0. The molecule has 0 rings (SSSR count). The summed E-state index contributed by atoms with van der Waals surface area (Å²) in [5.74, 6) is 1.01. The number of allylic oxidation sites excluding steroid dienone is 2. The summed E-state index contributed by atoms with van der Waals surface area (Å²) in [5.41, 5.74) is 0. The predicted molar refractivity (Wildman–Crippen MR) is 117 cm³/mol. The van der Waals surface area contributed by atoms with Gasteiger partial charge < -0.3 is 0 Å². The highest BCUT2D eigenvalue weighted by Crippen LogP contribution is 2.24. The van der Waals surface area contributed by atoms with Gasteiger partial charge in [-0.15, -0.1) is 0 Å². The Bertz CT molecular complexity index is 253. The lowest BCUT2D eigenvalue weighted by molar-refractivity contribution is 0.371. The Morgan fingerprint density at radius 1 is 0.600 bits per heavy atom. The van der Waals surface area contributed by atoms with Crippen LogP contribution in [0.15, 0.2) is 12.2 Å². The molecule has 25 heavy (non-hydrogen) atoms. The van der Waals surface area contributed by atoms with Crippen molar-refractivity contribution in [3.8, 4) is 0 Å². The summed E-state index contributed by atoms with van der Waals surface area (Å²) in [6, 6.07) is 0. The molecule has 0 aromatic heterocycles. The average molecular weight is 349 g/mol. The molecule has 1 atom stereocenters. The fourth-order valence-electron chi connectivity index (χ4n) is 3.70. The van der Waals surface area contributed by atoms with Crippen LogP contribution in [0.1, 0.15) is 129 Å². The maximum atomic E-state index is 3.93. The second-order valence-corrected chi connectivity index (χ2v) is 7.88. The van der Waals surface area contributed by atoms with Gasteiger partial charge in [-0.05, 0) is 32.1 Å². The molecule has 0 N–H and O–H groups in total. The number of hydrogen-bond acceptors (Lipinski definition) is 0. The van der Waals surface area contributed by atoms with E-state index in [1.165, 1.54) is 109 Å². The van der Waals surface area contributed by atoms with Crippen LogP contribution in [0.4, 0.5) is 0 Å². The fraction of sp³-hybridized carbons (Fsp3) is 0.840. The van der Waals surface area contributed by atoms with E-state index in [4.69, 9.17) is 0 Å². The molecular formula is C25H48. The summed E-state index contributed by atoms with van der Waals surface area (Å²) < 4.78 is 0. The zero-order chi connectivity index (χ0) is 18.4. The molecular weight excluding hydrogens is 300 g/mol. The third kappa shape index (κ3) is 19.9. The van der Waals surface area contributed by atoms with E-state index in [2.05, 4.69) is 32.9 Å². The molecule has 0 saturated heterocycles. The first-order valence-electron chi connectivity index (χ1n) is 11.6. The molecule has 0 saturated carbocycles. The molecule has 0 bridgehead atoms. The summed E-state index contributed by atoms with van der Waals surface area (Å²) in [6.07, 6.45) is 30.7. The van der Waals surface area contributed by atoms with Gasteiger partial charge in [0.2, 0.25) is 0 Å². The van der Waals surface area contributed by atoms with Crippen molar-refractivity contribution >= 4 is 0 Å². The SMILES string of the molecule is [CH2]CC=CCCCCCCCC(CCCC)CCCCCCCC[CH2]. The highest BCUT2D eigenvalue weighted by molar-refractivity contribution is 4.81. The van der Waals surface area contributed by atoms with Crippen molar-refractivity contribution in [3.05, 3.63) is 26.0 Å². The first kappa shape index (κ1) is 24.7. The van der Waals surface area contributed by atoms with Crippen LogP contribution >= 0.6 is 0 Å². The first-order valence-corrected chi connectivity index (χ1v) is 11.6. The standard InChI is InChI=1S/C25H48/c1-4-7-10-12-14-15-17-19-21-24-25(22-9-6-3)23-20-18-16-13-11-8-5-2/h7,10,25H,1-2,4-6,8-9,11-24H2,3H3. The number of rotatable bonds is 20. The van der Waals surface area contributed by atoms with Crippen molar-refractivity contribution in [1.29, 1.82) is 0 Å². The summed E-state index contributed by atoms with van der Waals surface area (Å²) in [6.45, 7) is 10.1. The van der Waals surface area contributed by atoms with Crippen LogP contribution in [0.5, 0.6) is 0 Å². The van der Waals surface area contributed by atoms with E-state index in [-0.39, 0.29) is 0 Å². The Morgan fingerprint density at radius 2 is 1.12 bits per heavy atom. The largest absolute Gasteiger partial charge is 0.0885 e. The van der Waals surface area contributed by atoms with Crippen LogP contribution < -0.4 is 0 Å². The fourth-order valence-corrected chi connectivity index (χ4v) is 3.70. The molecule has 0 aromatic carbocycles. The van der Waals surface area contributed by atoms with E-state index in [0.29, 0.717) is 0 Å². The van der Waals surface area contributed by atoms with Crippen molar-refractivity contribution in [2.75, 3.05) is 0 Å². The molecule has 2 radical (unpaired) electrons. The van der Waals surface area contributed by atoms with Crippen LogP contribution in [-0.4, -0.2) is 0 Å². The maximum absolute atomic E-state index is 3.93. The van der Waals surface area contributed by atoms with Gasteiger partial charge in [0, 0.05) is 0 Å². The first-order chi connectivity index (χ1) is 12.3. The number of hydrogen-bond donors (Lipinski definition) is 0. The molecule has 0 aliphatic heterocycles. The van der Waals surface area contributed by atoms with E-state index in [9.17, 15) is 0 Å². The highest BCUT2D eigenvalue weighted by atomic mass is 14.1. The lowest BCUT2D eigenvalue weighted by Crippen LogP contribution is -2.01. The predicted octanol–water partition coefficient (Wildman–Crippen LogP) is 9.26. The normalized spacial score (nSPS) is 12.9. The zero-order valence-corrected chi connectivity index (χ0v) is 17.6. The number of unbranched alkanes of at least 4 members (excludes halogenated alkanes) is 12. The molecule has 0 spiro atoms. The van der Waals surface area contributed by atoms with Crippen LogP contribution in [0, 0.1) is 19.8 Å². The lowest BCUT2D eigenvalue weighted by atomic mass is 9.90. The molecule has 0 heteroatoms. The third-order valence-electron chi connectivity index (χ3n) is 5.39. The van der Waals surface area contributed by atoms with Gasteiger partial charge in [0.05, 0.1) is 0 Å². The molecule has 1 unspecified atom stereocenters. The van der Waals surface area contributed by atoms with E-state index < -0.39 is 0 Å². The minimum atomic E-state index is 0.940. The Balaban J connectivity index is 3.58. The third-order valence-corrected chi connectivity index (χ3v) is 5.39. The molecule has 0 aliphatic carbocycles. The van der Waals surface area contributed by atoms with Gasteiger partial charge in [0.15, 0.2) is 0 Å². The van der Waals surface area contributed by atoms with Crippen LogP contribution in [0.2, 0.25) is 0 Å². The molecule has 0 aliphatic rings. The monoisotopic (exact) mass is 348 g/mol. The smallest absolute Gasteiger partial charge is 0.0351 e. The van der Waals surface area contributed by atoms with Gasteiger partial charge in [-0.1, -0.05) is 129 Å². The Kier molecular flexibility index (Phi) is 21.6. The zero-order valence-electron chi connectivity index (χ0n) is 17.6. The topological polar surface area (TPSA) is 0 Å². The van der Waals surface area contributed by atoms with Gasteiger partial charge in [-0.25, -0.2) is 0 Å². The molecule has 0 heterocycles. The lowest BCUT2D eigenvalue weighted by Gasteiger charge is -2.16. The molecule has 0 nitrogen and oxygen atoms in total. The van der Waals surface area contributed by atoms with Gasteiger partial charge in [-0.2, -0.15) is 0 Å².